The topological polar surface area (TPSA) is 95.1 Å². The molecule has 146 valence electrons. The number of alkyl halides is 3. The third-order valence-electron chi connectivity index (χ3n) is 3.71. The Labute approximate surface area is 157 Å². The number of aromatic nitrogens is 3. The van der Waals surface area contributed by atoms with Crippen LogP contribution in [0.25, 0.3) is 11.3 Å². The number of ether oxygens (including phenoxy) is 1. The lowest BCUT2D eigenvalue weighted by atomic mass is 10.1. The molecule has 0 aliphatic heterocycles. The number of amides is 1. The molecule has 0 saturated carbocycles. The Morgan fingerprint density at radius 2 is 2.04 bits per heavy atom. The lowest BCUT2D eigenvalue weighted by Gasteiger charge is -2.17. The van der Waals surface area contributed by atoms with Crippen LogP contribution in [0, 0.1) is 0 Å². The molecule has 2 heterocycles. The summed E-state index contributed by atoms with van der Waals surface area (Å²) in [5.74, 6) is -0.695. The Kier molecular flexibility index (Phi) is 5.21. The number of para-hydroxylation sites is 1. The van der Waals surface area contributed by atoms with E-state index < -0.39 is 18.7 Å². The summed E-state index contributed by atoms with van der Waals surface area (Å²) in [6.07, 6.45) is -1.45. The van der Waals surface area contributed by atoms with Gasteiger partial charge in [0.25, 0.3) is 5.91 Å². The molecule has 28 heavy (non-hydrogen) atoms. The van der Waals surface area contributed by atoms with Crippen molar-refractivity contribution >= 4 is 17.4 Å². The van der Waals surface area contributed by atoms with Crippen molar-refractivity contribution < 1.29 is 22.7 Å². The average Bonchev–Trinajstić information content (AvgIpc) is 3.06. The Hall–Kier alpha value is -3.56. The van der Waals surface area contributed by atoms with Gasteiger partial charge in [-0.15, -0.1) is 0 Å². The largest absolute Gasteiger partial charge is 0.481 e. The minimum Gasteiger partial charge on any atom is -0.481 e. The average molecular weight is 391 g/mol. The van der Waals surface area contributed by atoms with Gasteiger partial charge in [-0.05, 0) is 30.3 Å². The van der Waals surface area contributed by atoms with Gasteiger partial charge in [0.05, 0.1) is 16.9 Å². The van der Waals surface area contributed by atoms with Crippen LogP contribution in [0.3, 0.4) is 0 Å². The molecule has 3 aromatic rings. The highest BCUT2D eigenvalue weighted by Gasteiger charge is 2.30. The Morgan fingerprint density at radius 1 is 1.25 bits per heavy atom. The smallest absolute Gasteiger partial charge is 0.422 e. The molecular weight excluding hydrogens is 375 g/mol. The third kappa shape index (κ3) is 4.40. The molecule has 0 aliphatic carbocycles. The van der Waals surface area contributed by atoms with Gasteiger partial charge in [-0.2, -0.15) is 18.3 Å². The van der Waals surface area contributed by atoms with Gasteiger partial charge in [-0.3, -0.25) is 9.48 Å². The zero-order valence-electron chi connectivity index (χ0n) is 14.7. The summed E-state index contributed by atoms with van der Waals surface area (Å²) in [7, 11) is 1.69. The second-order valence-corrected chi connectivity index (χ2v) is 5.85. The molecule has 3 rings (SSSR count). The summed E-state index contributed by atoms with van der Waals surface area (Å²) < 4.78 is 44.9. The number of nitrogens with zero attached hydrogens (tertiary/aromatic N) is 3. The molecule has 3 N–H and O–H groups in total. The van der Waals surface area contributed by atoms with Crippen LogP contribution in [-0.4, -0.2) is 33.5 Å². The molecule has 0 bridgehead atoms. The van der Waals surface area contributed by atoms with Crippen LogP contribution in [0.2, 0.25) is 0 Å². The number of aryl methyl sites for hydroxylation is 1. The Morgan fingerprint density at radius 3 is 2.68 bits per heavy atom. The van der Waals surface area contributed by atoms with Crippen LogP contribution in [0.15, 0.2) is 48.8 Å². The molecule has 0 aliphatic rings. The maximum absolute atomic E-state index is 12.8. The first-order valence-corrected chi connectivity index (χ1v) is 8.09. The van der Waals surface area contributed by atoms with Crippen molar-refractivity contribution in [1.82, 2.24) is 14.8 Å². The van der Waals surface area contributed by atoms with Crippen molar-refractivity contribution in [3.63, 3.8) is 0 Å². The third-order valence-corrected chi connectivity index (χ3v) is 3.71. The van der Waals surface area contributed by atoms with Crippen molar-refractivity contribution in [1.29, 1.82) is 0 Å². The van der Waals surface area contributed by atoms with Gasteiger partial charge in [-0.25, -0.2) is 4.98 Å². The molecular formula is C18H16F3N5O2. The lowest BCUT2D eigenvalue weighted by molar-refractivity contribution is -0.153. The standard InChI is InChI=1S/C18H16F3N5O2/c1-26-9-7-13(25-26)11-4-2-6-14(15(11)28-10-18(19,20)21)24-17-12(16(22)27)5-3-8-23-17/h2-9H,10H2,1H3,(H2,22,27)(H,23,24). The van der Waals surface area contributed by atoms with Crippen LogP contribution < -0.4 is 15.8 Å². The summed E-state index contributed by atoms with van der Waals surface area (Å²) in [5, 5.41) is 7.05. The minimum atomic E-state index is -4.53. The quantitative estimate of drug-likeness (QED) is 0.673. The SMILES string of the molecule is Cn1ccc(-c2cccc(Nc3ncccc3C(N)=O)c2OCC(F)(F)F)n1. The Bertz CT molecular complexity index is 1000. The van der Waals surface area contributed by atoms with Crippen molar-refractivity contribution in [2.24, 2.45) is 12.8 Å². The van der Waals surface area contributed by atoms with E-state index in [1.54, 1.807) is 31.4 Å². The van der Waals surface area contributed by atoms with Gasteiger partial charge in [0.15, 0.2) is 12.4 Å². The monoisotopic (exact) mass is 391 g/mol. The summed E-state index contributed by atoms with van der Waals surface area (Å²) in [6.45, 7) is -1.49. The van der Waals surface area contributed by atoms with E-state index in [-0.39, 0.29) is 22.8 Å². The molecule has 2 aromatic heterocycles. The van der Waals surface area contributed by atoms with Gasteiger partial charge in [0.1, 0.15) is 5.82 Å². The zero-order chi connectivity index (χ0) is 20.3. The number of halogens is 3. The maximum Gasteiger partial charge on any atom is 0.422 e. The molecule has 0 unspecified atom stereocenters. The van der Waals surface area contributed by atoms with Crippen LogP contribution in [0.4, 0.5) is 24.7 Å². The van der Waals surface area contributed by atoms with E-state index in [1.807, 2.05) is 0 Å². The second-order valence-electron chi connectivity index (χ2n) is 5.85. The molecule has 0 radical (unpaired) electrons. The highest BCUT2D eigenvalue weighted by Crippen LogP contribution is 2.38. The van der Waals surface area contributed by atoms with E-state index in [9.17, 15) is 18.0 Å². The normalized spacial score (nSPS) is 11.3. The number of carbonyl (C=O) groups excluding carboxylic acids is 1. The number of pyridine rings is 1. The van der Waals surface area contributed by atoms with Crippen LogP contribution in [0.1, 0.15) is 10.4 Å². The highest BCUT2D eigenvalue weighted by molar-refractivity contribution is 5.98. The van der Waals surface area contributed by atoms with Crippen molar-refractivity contribution in [2.75, 3.05) is 11.9 Å². The Balaban J connectivity index is 2.06. The lowest BCUT2D eigenvalue weighted by Crippen LogP contribution is -2.20. The first kappa shape index (κ1) is 19.2. The number of nitrogens with one attached hydrogen (secondary N) is 1. The van der Waals surface area contributed by atoms with Crippen molar-refractivity contribution in [2.45, 2.75) is 6.18 Å². The molecule has 10 heteroatoms. The molecule has 0 saturated heterocycles. The van der Waals surface area contributed by atoms with E-state index >= 15 is 0 Å². The zero-order valence-corrected chi connectivity index (χ0v) is 14.7. The second kappa shape index (κ2) is 7.59. The molecule has 1 amide bonds. The summed E-state index contributed by atoms with van der Waals surface area (Å²) >= 11 is 0. The van der Waals surface area contributed by atoms with E-state index in [1.165, 1.54) is 29.1 Å². The first-order valence-electron chi connectivity index (χ1n) is 8.09. The number of nitrogens with two attached hydrogens (primary N) is 1. The fourth-order valence-corrected chi connectivity index (χ4v) is 2.54. The van der Waals surface area contributed by atoms with E-state index in [4.69, 9.17) is 10.5 Å². The summed E-state index contributed by atoms with van der Waals surface area (Å²) in [5.41, 5.74) is 6.40. The predicted octanol–water partition coefficient (Wildman–Crippen LogP) is 3.27. The molecule has 0 atom stereocenters. The van der Waals surface area contributed by atoms with Crippen LogP contribution >= 0.6 is 0 Å². The van der Waals surface area contributed by atoms with E-state index in [0.29, 0.717) is 11.3 Å². The number of hydrogen-bond acceptors (Lipinski definition) is 5. The predicted molar refractivity (Wildman–Crippen MR) is 96.2 cm³/mol. The molecule has 0 spiro atoms. The van der Waals surface area contributed by atoms with E-state index in [2.05, 4.69) is 15.4 Å². The summed E-state index contributed by atoms with van der Waals surface area (Å²) in [6, 6.07) is 9.35. The fraction of sp³-hybridized carbons (Fsp3) is 0.167. The van der Waals surface area contributed by atoms with Crippen LogP contribution in [-0.2, 0) is 7.05 Å². The number of rotatable bonds is 6. The maximum atomic E-state index is 12.8. The van der Waals surface area contributed by atoms with Gasteiger partial charge < -0.3 is 15.8 Å². The fourth-order valence-electron chi connectivity index (χ4n) is 2.54. The minimum absolute atomic E-state index is 0.0698. The number of anilines is 2. The molecule has 1 aromatic carbocycles. The van der Waals surface area contributed by atoms with E-state index in [0.717, 1.165) is 0 Å². The van der Waals surface area contributed by atoms with Gasteiger partial charge in [0.2, 0.25) is 0 Å². The number of primary amides is 1. The highest BCUT2D eigenvalue weighted by atomic mass is 19.4. The molecule has 0 fully saturated rings. The first-order chi connectivity index (χ1) is 13.2. The van der Waals surface area contributed by atoms with Crippen molar-refractivity contribution in [3.05, 3.63) is 54.4 Å². The van der Waals surface area contributed by atoms with Crippen LogP contribution in [0.5, 0.6) is 5.75 Å². The molecule has 7 nitrogen and oxygen atoms in total. The summed E-state index contributed by atoms with van der Waals surface area (Å²) in [4.78, 5) is 15.6. The van der Waals surface area contributed by atoms with Gasteiger partial charge >= 0.3 is 6.18 Å². The van der Waals surface area contributed by atoms with Crippen molar-refractivity contribution in [3.8, 4) is 17.0 Å². The number of hydrogen-bond donors (Lipinski definition) is 2. The van der Waals surface area contributed by atoms with Gasteiger partial charge in [-0.1, -0.05) is 6.07 Å². The number of carbonyl (C=O) groups is 1. The number of benzene rings is 1. The van der Waals surface area contributed by atoms with Gasteiger partial charge in [0, 0.05) is 25.0 Å².